The van der Waals surface area contributed by atoms with Gasteiger partial charge in [0.25, 0.3) is 0 Å². The van der Waals surface area contributed by atoms with E-state index in [0.29, 0.717) is 19.4 Å². The van der Waals surface area contributed by atoms with Gasteiger partial charge in [-0.3, -0.25) is 4.79 Å². The lowest BCUT2D eigenvalue weighted by Crippen LogP contribution is -2.24. The Kier molecular flexibility index (Phi) is 6.66. The molecule has 2 aromatic heterocycles. The Morgan fingerprint density at radius 2 is 1.93 bits per heavy atom. The second kappa shape index (κ2) is 9.17. The predicted octanol–water partition coefficient (Wildman–Crippen LogP) is 3.06. The molecule has 1 saturated heterocycles. The van der Waals surface area contributed by atoms with Crippen LogP contribution in [0.15, 0.2) is 23.5 Å². The number of nitrogens with one attached hydrogen (secondary N) is 1. The summed E-state index contributed by atoms with van der Waals surface area (Å²) in [4.78, 5) is 28.0. The lowest BCUT2D eigenvalue weighted by atomic mass is 10.1. The Bertz CT molecular complexity index is 782. The van der Waals surface area contributed by atoms with E-state index in [1.54, 1.807) is 0 Å². The van der Waals surface area contributed by atoms with Gasteiger partial charge in [0.05, 0.1) is 0 Å². The van der Waals surface area contributed by atoms with E-state index in [1.807, 2.05) is 32.4 Å². The van der Waals surface area contributed by atoms with Crippen molar-refractivity contribution in [2.45, 2.75) is 51.2 Å². The van der Waals surface area contributed by atoms with Crippen molar-refractivity contribution in [3.63, 3.8) is 0 Å². The van der Waals surface area contributed by atoms with Crippen LogP contribution in [-0.2, 0) is 17.8 Å². The zero-order valence-electron chi connectivity index (χ0n) is 16.3. The van der Waals surface area contributed by atoms with Crippen LogP contribution in [0.1, 0.15) is 41.8 Å². The fourth-order valence-corrected chi connectivity index (χ4v) is 3.84. The number of rotatable bonds is 7. The Morgan fingerprint density at radius 1 is 1.22 bits per heavy atom. The van der Waals surface area contributed by atoms with Crippen molar-refractivity contribution in [2.24, 2.45) is 0 Å². The molecule has 0 bridgehead atoms. The normalized spacial score (nSPS) is 13.8. The van der Waals surface area contributed by atoms with Gasteiger partial charge in [-0.2, -0.15) is 0 Å². The van der Waals surface area contributed by atoms with Gasteiger partial charge in [0.2, 0.25) is 5.91 Å². The number of nitrogens with zero attached hydrogens (tertiary/aromatic N) is 4. The molecule has 3 rings (SSSR count). The summed E-state index contributed by atoms with van der Waals surface area (Å²) in [5.41, 5.74) is 4.08. The van der Waals surface area contributed by atoms with Crippen molar-refractivity contribution in [2.75, 3.05) is 24.2 Å². The summed E-state index contributed by atoms with van der Waals surface area (Å²) in [6.45, 7) is 6.64. The fourth-order valence-electron chi connectivity index (χ4n) is 3.38. The standard InChI is InChI=1S/C20H27N5OS/c1-14-17(15(2)24-20(23-14)27-3)6-7-19(26)22-13-16-8-9-21-18(12-16)25-10-4-5-11-25/h8-9,12H,4-7,10-11,13H2,1-3H3,(H,22,26). The van der Waals surface area contributed by atoms with Crippen LogP contribution < -0.4 is 10.2 Å². The quantitative estimate of drug-likeness (QED) is 0.583. The Labute approximate surface area is 165 Å². The first-order chi connectivity index (χ1) is 13.1. The Morgan fingerprint density at radius 3 is 2.59 bits per heavy atom. The summed E-state index contributed by atoms with van der Waals surface area (Å²) < 4.78 is 0. The van der Waals surface area contributed by atoms with Gasteiger partial charge in [0.1, 0.15) is 5.82 Å². The largest absolute Gasteiger partial charge is 0.357 e. The Hall–Kier alpha value is -2.15. The van der Waals surface area contributed by atoms with Gasteiger partial charge in [0.15, 0.2) is 5.16 Å². The predicted molar refractivity (Wildman–Crippen MR) is 109 cm³/mol. The van der Waals surface area contributed by atoms with Crippen LogP contribution >= 0.6 is 11.8 Å². The molecule has 0 aromatic carbocycles. The minimum absolute atomic E-state index is 0.0438. The summed E-state index contributed by atoms with van der Waals surface area (Å²) in [5.74, 6) is 1.05. The highest BCUT2D eigenvalue weighted by Gasteiger charge is 2.14. The monoisotopic (exact) mass is 385 g/mol. The molecular formula is C20H27N5OS. The number of carbonyl (C=O) groups is 1. The third-order valence-electron chi connectivity index (χ3n) is 4.91. The van der Waals surface area contributed by atoms with Crippen LogP contribution in [0.4, 0.5) is 5.82 Å². The molecule has 6 nitrogen and oxygen atoms in total. The number of hydrogen-bond donors (Lipinski definition) is 1. The molecule has 3 heterocycles. The molecule has 1 fully saturated rings. The van der Waals surface area contributed by atoms with Crippen molar-refractivity contribution in [3.8, 4) is 0 Å². The van der Waals surface area contributed by atoms with Crippen LogP contribution in [0, 0.1) is 13.8 Å². The second-order valence-electron chi connectivity index (χ2n) is 6.85. The highest BCUT2D eigenvalue weighted by Crippen LogP contribution is 2.19. The smallest absolute Gasteiger partial charge is 0.220 e. The maximum atomic E-state index is 12.3. The summed E-state index contributed by atoms with van der Waals surface area (Å²) in [6.07, 6.45) is 7.34. The summed E-state index contributed by atoms with van der Waals surface area (Å²) in [7, 11) is 0. The zero-order chi connectivity index (χ0) is 19.2. The minimum atomic E-state index is 0.0438. The van der Waals surface area contributed by atoms with Gasteiger partial charge < -0.3 is 10.2 Å². The molecule has 2 aromatic rings. The van der Waals surface area contributed by atoms with Gasteiger partial charge in [-0.25, -0.2) is 15.0 Å². The van der Waals surface area contributed by atoms with Gasteiger partial charge in [0, 0.05) is 43.6 Å². The molecular weight excluding hydrogens is 358 g/mol. The molecule has 7 heteroatoms. The summed E-state index contributed by atoms with van der Waals surface area (Å²) in [6, 6.07) is 4.04. The molecule has 1 N–H and O–H groups in total. The van der Waals surface area contributed by atoms with E-state index >= 15 is 0 Å². The third-order valence-corrected chi connectivity index (χ3v) is 5.46. The average Bonchev–Trinajstić information content (AvgIpc) is 3.20. The van der Waals surface area contributed by atoms with E-state index < -0.39 is 0 Å². The summed E-state index contributed by atoms with van der Waals surface area (Å²) >= 11 is 1.54. The maximum absolute atomic E-state index is 12.3. The molecule has 144 valence electrons. The van der Waals surface area contributed by atoms with Gasteiger partial charge in [-0.1, -0.05) is 11.8 Å². The van der Waals surface area contributed by atoms with Gasteiger partial charge in [-0.15, -0.1) is 0 Å². The number of pyridine rings is 1. The van der Waals surface area contributed by atoms with E-state index in [9.17, 15) is 4.79 Å². The molecule has 0 radical (unpaired) electrons. The highest BCUT2D eigenvalue weighted by atomic mass is 32.2. The zero-order valence-corrected chi connectivity index (χ0v) is 17.1. The number of hydrogen-bond acceptors (Lipinski definition) is 6. The second-order valence-corrected chi connectivity index (χ2v) is 7.63. The van der Waals surface area contributed by atoms with E-state index in [1.165, 1.54) is 24.6 Å². The van der Waals surface area contributed by atoms with E-state index in [2.05, 4.69) is 31.2 Å². The van der Waals surface area contributed by atoms with Gasteiger partial charge in [-0.05, 0) is 62.6 Å². The van der Waals surface area contributed by atoms with Crippen LogP contribution in [-0.4, -0.2) is 40.2 Å². The molecule has 0 unspecified atom stereocenters. The summed E-state index contributed by atoms with van der Waals surface area (Å²) in [5, 5.41) is 3.80. The number of anilines is 1. The number of amides is 1. The third kappa shape index (κ3) is 5.19. The molecule has 1 aliphatic rings. The first kappa shape index (κ1) is 19.6. The van der Waals surface area contributed by atoms with Gasteiger partial charge >= 0.3 is 0 Å². The molecule has 27 heavy (non-hydrogen) atoms. The lowest BCUT2D eigenvalue weighted by Gasteiger charge is -2.17. The first-order valence-corrected chi connectivity index (χ1v) is 10.6. The number of thioether (sulfide) groups is 1. The molecule has 0 spiro atoms. The number of aryl methyl sites for hydroxylation is 2. The van der Waals surface area contributed by atoms with Crippen molar-refractivity contribution < 1.29 is 4.79 Å². The van der Waals surface area contributed by atoms with E-state index in [-0.39, 0.29) is 5.91 Å². The maximum Gasteiger partial charge on any atom is 0.220 e. The van der Waals surface area contributed by atoms with Crippen molar-refractivity contribution in [3.05, 3.63) is 40.8 Å². The highest BCUT2D eigenvalue weighted by molar-refractivity contribution is 7.98. The van der Waals surface area contributed by atoms with E-state index in [4.69, 9.17) is 0 Å². The van der Waals surface area contributed by atoms with Crippen LogP contribution in [0.3, 0.4) is 0 Å². The van der Waals surface area contributed by atoms with Crippen molar-refractivity contribution >= 4 is 23.5 Å². The number of aromatic nitrogens is 3. The Balaban J connectivity index is 1.52. The molecule has 0 aliphatic carbocycles. The van der Waals surface area contributed by atoms with Crippen LogP contribution in [0.25, 0.3) is 0 Å². The molecule has 0 saturated carbocycles. The van der Waals surface area contributed by atoms with Crippen molar-refractivity contribution in [1.82, 2.24) is 20.3 Å². The molecule has 1 amide bonds. The van der Waals surface area contributed by atoms with Crippen molar-refractivity contribution in [1.29, 1.82) is 0 Å². The van der Waals surface area contributed by atoms with Crippen LogP contribution in [0.5, 0.6) is 0 Å². The minimum Gasteiger partial charge on any atom is -0.357 e. The molecule has 0 atom stereocenters. The van der Waals surface area contributed by atoms with Crippen LogP contribution in [0.2, 0.25) is 0 Å². The molecule has 1 aliphatic heterocycles. The average molecular weight is 386 g/mol. The lowest BCUT2D eigenvalue weighted by molar-refractivity contribution is -0.121. The first-order valence-electron chi connectivity index (χ1n) is 9.41. The topological polar surface area (TPSA) is 71.0 Å². The number of carbonyl (C=O) groups excluding carboxylic acids is 1. The van der Waals surface area contributed by atoms with E-state index in [0.717, 1.165) is 46.6 Å². The SMILES string of the molecule is CSc1nc(C)c(CCC(=O)NCc2ccnc(N3CCCC3)c2)c(C)n1. The fraction of sp³-hybridized carbons (Fsp3) is 0.500.